The standard InChI is InChI=1S/C12H27O4P.C2H6O/c1-4-7-10-14-17(13,15-11-8-5-2)16-12-9-6-3;1-2-3/h4-12H2,1-3H3;3H,2H2,1H3. The average molecular weight is 312 g/mol. The Morgan fingerprint density at radius 1 is 0.750 bits per heavy atom. The van der Waals surface area contributed by atoms with Crippen LogP contribution in [0.4, 0.5) is 0 Å². The second kappa shape index (κ2) is 17.1. The number of unbranched alkanes of at least 4 members (excludes halogenated alkanes) is 3. The number of rotatable bonds is 12. The molecule has 124 valence electrons. The average Bonchev–Trinajstić information content (AvgIpc) is 2.41. The molecule has 0 heterocycles. The van der Waals surface area contributed by atoms with Crippen LogP contribution in [0.3, 0.4) is 0 Å². The highest BCUT2D eigenvalue weighted by Gasteiger charge is 2.25. The van der Waals surface area contributed by atoms with E-state index in [4.69, 9.17) is 18.7 Å². The molecular weight excluding hydrogens is 279 g/mol. The van der Waals surface area contributed by atoms with Crippen molar-refractivity contribution in [3.63, 3.8) is 0 Å². The van der Waals surface area contributed by atoms with Crippen LogP contribution in [0, 0.1) is 0 Å². The van der Waals surface area contributed by atoms with E-state index in [-0.39, 0.29) is 6.61 Å². The summed E-state index contributed by atoms with van der Waals surface area (Å²) in [4.78, 5) is 0. The predicted octanol–water partition coefficient (Wildman–Crippen LogP) is 4.54. The van der Waals surface area contributed by atoms with Crippen molar-refractivity contribution in [1.82, 2.24) is 0 Å². The summed E-state index contributed by atoms with van der Waals surface area (Å²) in [5.41, 5.74) is 0. The fourth-order valence-electron chi connectivity index (χ4n) is 1.07. The van der Waals surface area contributed by atoms with Gasteiger partial charge in [-0.2, -0.15) is 0 Å². The Hall–Kier alpha value is 0.0700. The predicted molar refractivity (Wildman–Crippen MR) is 82.9 cm³/mol. The summed E-state index contributed by atoms with van der Waals surface area (Å²) in [6.07, 6.45) is 5.63. The van der Waals surface area contributed by atoms with Crippen LogP contribution in [0.25, 0.3) is 0 Å². The fourth-order valence-corrected chi connectivity index (χ4v) is 2.36. The number of phosphoric ester groups is 1. The van der Waals surface area contributed by atoms with Crippen molar-refractivity contribution in [3.8, 4) is 0 Å². The molecule has 0 aromatic heterocycles. The van der Waals surface area contributed by atoms with Gasteiger partial charge in [0.2, 0.25) is 0 Å². The van der Waals surface area contributed by atoms with Gasteiger partial charge in [0.25, 0.3) is 0 Å². The number of hydrogen-bond donors (Lipinski definition) is 1. The van der Waals surface area contributed by atoms with Crippen molar-refractivity contribution in [3.05, 3.63) is 0 Å². The minimum Gasteiger partial charge on any atom is -0.397 e. The van der Waals surface area contributed by atoms with Gasteiger partial charge < -0.3 is 5.11 Å². The molecule has 0 rings (SSSR count). The summed E-state index contributed by atoms with van der Waals surface area (Å²) in [6.45, 7) is 9.42. The first-order chi connectivity index (χ1) is 9.60. The lowest BCUT2D eigenvalue weighted by Crippen LogP contribution is -2.03. The van der Waals surface area contributed by atoms with E-state index in [1.165, 1.54) is 0 Å². The second-order valence-electron chi connectivity index (χ2n) is 4.32. The molecule has 0 amide bonds. The maximum absolute atomic E-state index is 12.2. The fraction of sp³-hybridized carbons (Fsp3) is 1.00. The van der Waals surface area contributed by atoms with Gasteiger partial charge in [-0.1, -0.05) is 40.0 Å². The van der Waals surface area contributed by atoms with Gasteiger partial charge in [-0.25, -0.2) is 4.57 Å². The monoisotopic (exact) mass is 312 g/mol. The molecule has 0 aromatic carbocycles. The topological polar surface area (TPSA) is 65.0 Å². The number of hydrogen-bond acceptors (Lipinski definition) is 5. The van der Waals surface area contributed by atoms with Crippen molar-refractivity contribution in [1.29, 1.82) is 0 Å². The third-order valence-corrected chi connectivity index (χ3v) is 3.74. The van der Waals surface area contributed by atoms with Crippen molar-refractivity contribution in [2.45, 2.75) is 66.2 Å². The van der Waals surface area contributed by atoms with E-state index in [2.05, 4.69) is 20.8 Å². The number of aliphatic hydroxyl groups is 1. The highest BCUT2D eigenvalue weighted by molar-refractivity contribution is 7.48. The summed E-state index contributed by atoms with van der Waals surface area (Å²) in [7, 11) is -3.31. The molecule has 0 unspecified atom stereocenters. The van der Waals surface area contributed by atoms with Crippen LogP contribution in [0.15, 0.2) is 0 Å². The zero-order valence-electron chi connectivity index (χ0n) is 13.6. The van der Waals surface area contributed by atoms with Gasteiger partial charge in [0.15, 0.2) is 0 Å². The van der Waals surface area contributed by atoms with Gasteiger partial charge in [0, 0.05) is 6.61 Å². The normalized spacial score (nSPS) is 11.1. The lowest BCUT2D eigenvalue weighted by Gasteiger charge is -2.17. The molecule has 0 aromatic rings. The molecule has 0 fully saturated rings. The first-order valence-electron chi connectivity index (χ1n) is 7.74. The highest BCUT2D eigenvalue weighted by Crippen LogP contribution is 2.49. The Morgan fingerprint density at radius 3 is 1.20 bits per heavy atom. The highest BCUT2D eigenvalue weighted by atomic mass is 31.2. The van der Waals surface area contributed by atoms with Crippen molar-refractivity contribution >= 4 is 7.82 Å². The lowest BCUT2D eigenvalue weighted by atomic mass is 10.4. The molecule has 6 heteroatoms. The Balaban J connectivity index is 0. The first kappa shape index (κ1) is 22.4. The quantitative estimate of drug-likeness (QED) is 0.423. The van der Waals surface area contributed by atoms with Crippen molar-refractivity contribution < 1.29 is 23.2 Å². The Kier molecular flexibility index (Phi) is 19.1. The van der Waals surface area contributed by atoms with Crippen LogP contribution < -0.4 is 0 Å². The third kappa shape index (κ3) is 16.1. The zero-order chi connectivity index (χ0) is 15.7. The summed E-state index contributed by atoms with van der Waals surface area (Å²) < 4.78 is 28.0. The molecule has 1 N–H and O–H groups in total. The molecule has 0 aliphatic carbocycles. The second-order valence-corrected chi connectivity index (χ2v) is 5.99. The lowest BCUT2D eigenvalue weighted by molar-refractivity contribution is 0.110. The van der Waals surface area contributed by atoms with Crippen LogP contribution in [0.5, 0.6) is 0 Å². The number of aliphatic hydroxyl groups excluding tert-OH is 1. The van der Waals surface area contributed by atoms with E-state index in [0.717, 1.165) is 38.5 Å². The molecule has 0 aliphatic rings. The molecule has 0 bridgehead atoms. The van der Waals surface area contributed by atoms with Crippen LogP contribution in [0.2, 0.25) is 0 Å². The molecule has 20 heavy (non-hydrogen) atoms. The van der Waals surface area contributed by atoms with Crippen LogP contribution >= 0.6 is 7.82 Å². The van der Waals surface area contributed by atoms with Crippen LogP contribution in [-0.2, 0) is 18.1 Å². The number of phosphoric acid groups is 1. The Morgan fingerprint density at radius 2 is 1.00 bits per heavy atom. The SMILES string of the molecule is CCCCOP(=O)(OCCCC)OCCCC.CCO. The first-order valence-corrected chi connectivity index (χ1v) is 9.20. The minimum atomic E-state index is -3.31. The maximum Gasteiger partial charge on any atom is 0.474 e. The zero-order valence-corrected chi connectivity index (χ0v) is 14.5. The Labute approximate surface area is 124 Å². The Bertz CT molecular complexity index is 190. The summed E-state index contributed by atoms with van der Waals surface area (Å²) in [6, 6.07) is 0. The summed E-state index contributed by atoms with van der Waals surface area (Å²) in [5, 5.41) is 7.57. The molecule has 0 atom stereocenters. The van der Waals surface area contributed by atoms with Crippen LogP contribution in [-0.4, -0.2) is 31.5 Å². The molecule has 0 radical (unpaired) electrons. The smallest absolute Gasteiger partial charge is 0.397 e. The molecule has 0 spiro atoms. The third-order valence-electron chi connectivity index (χ3n) is 2.24. The van der Waals surface area contributed by atoms with E-state index in [1.807, 2.05) is 0 Å². The van der Waals surface area contributed by atoms with E-state index in [1.54, 1.807) is 6.92 Å². The summed E-state index contributed by atoms with van der Waals surface area (Å²) in [5.74, 6) is 0. The van der Waals surface area contributed by atoms with Gasteiger partial charge in [-0.05, 0) is 26.2 Å². The van der Waals surface area contributed by atoms with E-state index in [0.29, 0.717) is 19.8 Å². The van der Waals surface area contributed by atoms with E-state index < -0.39 is 7.82 Å². The van der Waals surface area contributed by atoms with Crippen molar-refractivity contribution in [2.75, 3.05) is 26.4 Å². The van der Waals surface area contributed by atoms with Gasteiger partial charge in [-0.15, -0.1) is 0 Å². The molecule has 0 saturated heterocycles. The van der Waals surface area contributed by atoms with Crippen molar-refractivity contribution in [2.24, 2.45) is 0 Å². The van der Waals surface area contributed by atoms with Gasteiger partial charge in [0.1, 0.15) is 0 Å². The van der Waals surface area contributed by atoms with Gasteiger partial charge >= 0.3 is 7.82 Å². The maximum atomic E-state index is 12.2. The van der Waals surface area contributed by atoms with Gasteiger partial charge in [-0.3, -0.25) is 13.6 Å². The van der Waals surface area contributed by atoms with E-state index in [9.17, 15) is 4.57 Å². The van der Waals surface area contributed by atoms with E-state index >= 15 is 0 Å². The molecule has 0 saturated carbocycles. The largest absolute Gasteiger partial charge is 0.474 e. The van der Waals surface area contributed by atoms with Crippen LogP contribution in [0.1, 0.15) is 66.2 Å². The molecule has 0 aliphatic heterocycles. The molecule has 5 nitrogen and oxygen atoms in total. The van der Waals surface area contributed by atoms with Gasteiger partial charge in [0.05, 0.1) is 19.8 Å². The summed E-state index contributed by atoms with van der Waals surface area (Å²) >= 11 is 0. The molecular formula is C14H33O5P. The minimum absolute atomic E-state index is 0.250.